The van der Waals surface area contributed by atoms with E-state index in [2.05, 4.69) is 4.98 Å². The van der Waals surface area contributed by atoms with Crippen molar-refractivity contribution in [1.29, 1.82) is 0 Å². The van der Waals surface area contributed by atoms with Crippen LogP contribution in [0.3, 0.4) is 0 Å². The van der Waals surface area contributed by atoms with Crippen LogP contribution in [0.1, 0.15) is 31.4 Å². The molecule has 19 heavy (non-hydrogen) atoms. The molecule has 0 saturated heterocycles. The maximum Gasteiger partial charge on any atom is 0.433 e. The number of aliphatic hydroxyl groups excluding tert-OH is 1. The number of aliphatic hydroxyl groups is 1. The van der Waals surface area contributed by atoms with Crippen molar-refractivity contribution in [3.8, 4) is 0 Å². The summed E-state index contributed by atoms with van der Waals surface area (Å²) in [5.74, 6) is 0.302. The minimum Gasteiger partial charge on any atom is -0.395 e. The molecule has 1 N–H and O–H groups in total. The number of hydrogen-bond donors (Lipinski definition) is 1. The largest absolute Gasteiger partial charge is 0.433 e. The Morgan fingerprint density at radius 1 is 1.26 bits per heavy atom. The second kappa shape index (κ2) is 5.77. The molecule has 0 aromatic carbocycles. The highest BCUT2D eigenvalue weighted by Crippen LogP contribution is 2.31. The molecule has 3 nitrogen and oxygen atoms in total. The Labute approximate surface area is 110 Å². The highest BCUT2D eigenvalue weighted by molar-refractivity contribution is 5.41. The van der Waals surface area contributed by atoms with E-state index in [9.17, 15) is 13.2 Å². The summed E-state index contributed by atoms with van der Waals surface area (Å²) in [5.41, 5.74) is -0.883. The maximum absolute atomic E-state index is 12.7. The van der Waals surface area contributed by atoms with Gasteiger partial charge >= 0.3 is 6.18 Å². The SMILES string of the molecule is OCCN(c1cccc(C(F)(F)F)n1)C1CCCC1. The first kappa shape index (κ1) is 14.1. The van der Waals surface area contributed by atoms with Gasteiger partial charge in [0, 0.05) is 12.6 Å². The van der Waals surface area contributed by atoms with E-state index in [0.29, 0.717) is 12.4 Å². The smallest absolute Gasteiger partial charge is 0.395 e. The van der Waals surface area contributed by atoms with Gasteiger partial charge < -0.3 is 10.0 Å². The Kier molecular flexibility index (Phi) is 4.29. The summed E-state index contributed by atoms with van der Waals surface area (Å²) in [6.07, 6.45) is -0.399. The first-order valence-corrected chi connectivity index (χ1v) is 6.44. The second-order valence-corrected chi connectivity index (χ2v) is 4.73. The van der Waals surface area contributed by atoms with Gasteiger partial charge in [0.2, 0.25) is 0 Å². The molecule has 0 atom stereocenters. The van der Waals surface area contributed by atoms with E-state index in [-0.39, 0.29) is 12.6 Å². The first-order chi connectivity index (χ1) is 9.02. The monoisotopic (exact) mass is 274 g/mol. The van der Waals surface area contributed by atoms with Crippen LogP contribution in [0.15, 0.2) is 18.2 Å². The Hall–Kier alpha value is -1.30. The van der Waals surface area contributed by atoms with Crippen LogP contribution in [0.5, 0.6) is 0 Å². The number of nitrogens with zero attached hydrogens (tertiary/aromatic N) is 2. The predicted octanol–water partition coefficient (Wildman–Crippen LogP) is 2.84. The fourth-order valence-electron chi connectivity index (χ4n) is 2.55. The molecule has 6 heteroatoms. The number of halogens is 3. The molecule has 0 amide bonds. The number of rotatable bonds is 4. The standard InChI is InChI=1S/C13H17F3N2O/c14-13(15,16)11-6-3-7-12(17-11)18(8-9-19)10-4-1-2-5-10/h3,6-7,10,19H,1-2,4-5,8-9H2. The van der Waals surface area contributed by atoms with Gasteiger partial charge in [-0.1, -0.05) is 18.9 Å². The molecule has 1 aliphatic carbocycles. The highest BCUT2D eigenvalue weighted by Gasteiger charge is 2.33. The van der Waals surface area contributed by atoms with E-state index in [1.54, 1.807) is 11.0 Å². The van der Waals surface area contributed by atoms with Crippen LogP contribution in [0.2, 0.25) is 0 Å². The molecule has 0 radical (unpaired) electrons. The summed E-state index contributed by atoms with van der Waals surface area (Å²) >= 11 is 0. The zero-order valence-electron chi connectivity index (χ0n) is 10.5. The molecule has 0 spiro atoms. The fraction of sp³-hybridized carbons (Fsp3) is 0.615. The molecule has 2 rings (SSSR count). The Morgan fingerprint density at radius 3 is 2.53 bits per heavy atom. The summed E-state index contributed by atoms with van der Waals surface area (Å²) in [7, 11) is 0. The molecule has 106 valence electrons. The number of anilines is 1. The molecule has 0 aliphatic heterocycles. The van der Waals surface area contributed by atoms with Gasteiger partial charge in [0.25, 0.3) is 0 Å². The van der Waals surface area contributed by atoms with Crippen molar-refractivity contribution in [3.63, 3.8) is 0 Å². The lowest BCUT2D eigenvalue weighted by Crippen LogP contribution is -2.36. The minimum absolute atomic E-state index is 0.0889. The lowest BCUT2D eigenvalue weighted by Gasteiger charge is -2.29. The Balaban J connectivity index is 2.25. The number of aromatic nitrogens is 1. The average Bonchev–Trinajstić information content (AvgIpc) is 2.88. The van der Waals surface area contributed by atoms with Crippen LogP contribution in [-0.4, -0.2) is 29.3 Å². The topological polar surface area (TPSA) is 36.4 Å². The Morgan fingerprint density at radius 2 is 1.95 bits per heavy atom. The van der Waals surface area contributed by atoms with Crippen LogP contribution in [0, 0.1) is 0 Å². The van der Waals surface area contributed by atoms with E-state index in [1.807, 2.05) is 0 Å². The summed E-state index contributed by atoms with van der Waals surface area (Å²) in [4.78, 5) is 5.49. The van der Waals surface area contributed by atoms with Crippen molar-refractivity contribution >= 4 is 5.82 Å². The normalized spacial score (nSPS) is 16.8. The summed E-state index contributed by atoms with van der Waals surface area (Å²) < 4.78 is 38.0. The van der Waals surface area contributed by atoms with Gasteiger partial charge in [-0.15, -0.1) is 0 Å². The quantitative estimate of drug-likeness (QED) is 0.917. The van der Waals surface area contributed by atoms with Gasteiger partial charge in [-0.3, -0.25) is 0 Å². The van der Waals surface area contributed by atoms with Gasteiger partial charge in [-0.25, -0.2) is 4.98 Å². The molecule has 0 unspecified atom stereocenters. The van der Waals surface area contributed by atoms with Crippen molar-refractivity contribution in [2.75, 3.05) is 18.1 Å². The molecular weight excluding hydrogens is 257 g/mol. The van der Waals surface area contributed by atoms with Crippen molar-refractivity contribution in [2.45, 2.75) is 37.9 Å². The average molecular weight is 274 g/mol. The molecule has 0 bridgehead atoms. The van der Waals surface area contributed by atoms with Crippen LogP contribution in [0.25, 0.3) is 0 Å². The van der Waals surface area contributed by atoms with Crippen molar-refractivity contribution in [1.82, 2.24) is 4.98 Å². The summed E-state index contributed by atoms with van der Waals surface area (Å²) in [6, 6.07) is 4.09. The molecule has 1 aliphatic rings. The lowest BCUT2D eigenvalue weighted by atomic mass is 10.2. The third-order valence-corrected chi connectivity index (χ3v) is 3.43. The van der Waals surface area contributed by atoms with Crippen LogP contribution >= 0.6 is 0 Å². The van der Waals surface area contributed by atoms with Crippen LogP contribution in [-0.2, 0) is 6.18 Å². The molecule has 1 aromatic rings. The van der Waals surface area contributed by atoms with Crippen molar-refractivity contribution in [2.24, 2.45) is 0 Å². The van der Waals surface area contributed by atoms with Gasteiger partial charge in [0.05, 0.1) is 6.61 Å². The van der Waals surface area contributed by atoms with Crippen LogP contribution < -0.4 is 4.90 Å². The molecule has 1 aromatic heterocycles. The van der Waals surface area contributed by atoms with E-state index in [4.69, 9.17) is 5.11 Å². The van der Waals surface area contributed by atoms with E-state index in [0.717, 1.165) is 31.7 Å². The lowest BCUT2D eigenvalue weighted by molar-refractivity contribution is -0.141. The third-order valence-electron chi connectivity index (χ3n) is 3.43. The number of alkyl halides is 3. The molecule has 1 heterocycles. The summed E-state index contributed by atoms with van der Waals surface area (Å²) in [6.45, 7) is 0.230. The second-order valence-electron chi connectivity index (χ2n) is 4.73. The Bertz CT molecular complexity index is 417. The predicted molar refractivity (Wildman–Crippen MR) is 65.9 cm³/mol. The number of hydrogen-bond acceptors (Lipinski definition) is 3. The zero-order valence-corrected chi connectivity index (χ0v) is 10.5. The van der Waals surface area contributed by atoms with Crippen molar-refractivity contribution in [3.05, 3.63) is 23.9 Å². The minimum atomic E-state index is -4.43. The zero-order chi connectivity index (χ0) is 13.9. The third kappa shape index (κ3) is 3.37. The fourth-order valence-corrected chi connectivity index (χ4v) is 2.55. The van der Waals surface area contributed by atoms with E-state index >= 15 is 0 Å². The van der Waals surface area contributed by atoms with Gasteiger partial charge in [0.1, 0.15) is 11.5 Å². The van der Waals surface area contributed by atoms with Gasteiger partial charge in [-0.05, 0) is 25.0 Å². The molecular formula is C13H17F3N2O. The van der Waals surface area contributed by atoms with E-state index < -0.39 is 11.9 Å². The maximum atomic E-state index is 12.7. The highest BCUT2D eigenvalue weighted by atomic mass is 19.4. The number of pyridine rings is 1. The van der Waals surface area contributed by atoms with Crippen molar-refractivity contribution < 1.29 is 18.3 Å². The molecule has 1 saturated carbocycles. The van der Waals surface area contributed by atoms with Crippen LogP contribution in [0.4, 0.5) is 19.0 Å². The van der Waals surface area contributed by atoms with E-state index in [1.165, 1.54) is 6.07 Å². The first-order valence-electron chi connectivity index (χ1n) is 6.44. The van der Waals surface area contributed by atoms with Gasteiger partial charge in [0.15, 0.2) is 0 Å². The summed E-state index contributed by atoms with van der Waals surface area (Å²) in [5, 5.41) is 9.10. The van der Waals surface area contributed by atoms with Gasteiger partial charge in [-0.2, -0.15) is 13.2 Å². The molecule has 1 fully saturated rings.